The third kappa shape index (κ3) is 1.37. The molecule has 66 valence electrons. The summed E-state index contributed by atoms with van der Waals surface area (Å²) in [7, 11) is 1.79. The Labute approximate surface area is 89.3 Å². The maximum atomic E-state index is 11.3. The predicted octanol–water partition coefficient (Wildman–Crippen LogP) is 2.14. The van der Waals surface area contributed by atoms with Gasteiger partial charge < -0.3 is 4.57 Å². The zero-order valence-corrected chi connectivity index (χ0v) is 9.28. The van der Waals surface area contributed by atoms with Gasteiger partial charge in [0.15, 0.2) is 0 Å². The van der Waals surface area contributed by atoms with Crippen LogP contribution in [0.2, 0.25) is 0 Å². The fourth-order valence-electron chi connectivity index (χ4n) is 1.37. The van der Waals surface area contributed by atoms with E-state index in [-0.39, 0.29) is 5.56 Å². The van der Waals surface area contributed by atoms with Crippen molar-refractivity contribution in [2.24, 2.45) is 7.05 Å². The first kappa shape index (κ1) is 8.74. The summed E-state index contributed by atoms with van der Waals surface area (Å²) in [4.78, 5) is 11.3. The maximum absolute atomic E-state index is 11.3. The van der Waals surface area contributed by atoms with Crippen molar-refractivity contribution >= 4 is 33.5 Å². The number of pyridine rings is 1. The molecule has 0 saturated heterocycles. The lowest BCUT2D eigenvalue weighted by atomic mass is 10.2. The average molecular weight is 285 g/mol. The number of benzene rings is 1. The molecule has 0 atom stereocenters. The molecule has 0 aliphatic rings. The van der Waals surface area contributed by atoms with Crippen molar-refractivity contribution < 1.29 is 0 Å². The van der Waals surface area contributed by atoms with Gasteiger partial charge >= 0.3 is 0 Å². The van der Waals surface area contributed by atoms with Gasteiger partial charge in [0.25, 0.3) is 5.56 Å². The molecule has 0 N–H and O–H groups in total. The van der Waals surface area contributed by atoms with Crippen molar-refractivity contribution in [1.82, 2.24) is 4.57 Å². The first-order chi connectivity index (χ1) is 6.20. The molecule has 0 unspecified atom stereocenters. The quantitative estimate of drug-likeness (QED) is 0.680. The molecule has 0 saturated carbocycles. The normalized spacial score (nSPS) is 10.6. The number of halogens is 1. The molecule has 0 aliphatic heterocycles. The SMILES string of the molecule is Cn1c(=O)ccc2c(I)cccc21. The monoisotopic (exact) mass is 285 g/mol. The number of nitrogens with zero attached hydrogens (tertiary/aromatic N) is 1. The summed E-state index contributed by atoms with van der Waals surface area (Å²) in [6.45, 7) is 0. The van der Waals surface area contributed by atoms with Gasteiger partial charge in [0.05, 0.1) is 5.52 Å². The van der Waals surface area contributed by atoms with Crippen molar-refractivity contribution in [3.8, 4) is 0 Å². The van der Waals surface area contributed by atoms with Crippen LogP contribution in [0.1, 0.15) is 0 Å². The second-order valence-corrected chi connectivity index (χ2v) is 4.07. The van der Waals surface area contributed by atoms with Crippen molar-refractivity contribution in [2.75, 3.05) is 0 Å². The molecule has 2 aromatic rings. The summed E-state index contributed by atoms with van der Waals surface area (Å²) in [5.41, 5.74) is 1.02. The Morgan fingerprint density at radius 2 is 2.00 bits per heavy atom. The number of hydrogen-bond acceptors (Lipinski definition) is 1. The van der Waals surface area contributed by atoms with Crippen LogP contribution in [0.4, 0.5) is 0 Å². The lowest BCUT2D eigenvalue weighted by Gasteiger charge is -2.04. The van der Waals surface area contributed by atoms with Crippen LogP contribution in [-0.4, -0.2) is 4.57 Å². The fraction of sp³-hybridized carbons (Fsp3) is 0.100. The Balaban J connectivity index is 3.03. The molecular formula is C10H8INO. The number of fused-ring (bicyclic) bond motifs is 1. The second kappa shape index (κ2) is 3.14. The van der Waals surface area contributed by atoms with E-state index in [9.17, 15) is 4.79 Å². The van der Waals surface area contributed by atoms with Gasteiger partial charge in [0.2, 0.25) is 0 Å². The van der Waals surface area contributed by atoms with Crippen LogP contribution in [0.25, 0.3) is 10.9 Å². The van der Waals surface area contributed by atoms with Gasteiger partial charge in [-0.15, -0.1) is 0 Å². The largest absolute Gasteiger partial charge is 0.311 e. The van der Waals surface area contributed by atoms with Gasteiger partial charge in [-0.1, -0.05) is 6.07 Å². The van der Waals surface area contributed by atoms with Gasteiger partial charge in [0, 0.05) is 22.1 Å². The van der Waals surface area contributed by atoms with Gasteiger partial charge in [-0.05, 0) is 40.8 Å². The van der Waals surface area contributed by atoms with E-state index in [0.717, 1.165) is 10.9 Å². The van der Waals surface area contributed by atoms with Crippen molar-refractivity contribution in [1.29, 1.82) is 0 Å². The molecular weight excluding hydrogens is 277 g/mol. The summed E-state index contributed by atoms with van der Waals surface area (Å²) in [6, 6.07) is 9.43. The molecule has 13 heavy (non-hydrogen) atoms. The molecule has 1 heterocycles. The summed E-state index contributed by atoms with van der Waals surface area (Å²) in [6.07, 6.45) is 0. The topological polar surface area (TPSA) is 22.0 Å². The van der Waals surface area contributed by atoms with E-state index in [1.54, 1.807) is 17.7 Å². The molecule has 0 spiro atoms. The third-order valence-electron chi connectivity index (χ3n) is 2.11. The van der Waals surface area contributed by atoms with Gasteiger partial charge in [-0.25, -0.2) is 0 Å². The number of aromatic nitrogens is 1. The predicted molar refractivity (Wildman–Crippen MR) is 61.9 cm³/mol. The molecule has 0 aliphatic carbocycles. The van der Waals surface area contributed by atoms with Crippen molar-refractivity contribution in [2.45, 2.75) is 0 Å². The Hall–Kier alpha value is -0.840. The standard InChI is InChI=1S/C10H8INO/c1-12-9-4-2-3-8(11)7(9)5-6-10(12)13/h2-6H,1H3. The van der Waals surface area contributed by atoms with Crippen LogP contribution in [0.15, 0.2) is 35.1 Å². The summed E-state index contributed by atoms with van der Waals surface area (Å²) < 4.78 is 2.84. The van der Waals surface area contributed by atoms with Crippen LogP contribution >= 0.6 is 22.6 Å². The maximum Gasteiger partial charge on any atom is 0.250 e. The van der Waals surface area contributed by atoms with Crippen molar-refractivity contribution in [3.05, 3.63) is 44.3 Å². The fourth-order valence-corrected chi connectivity index (χ4v) is 2.03. The van der Waals surface area contributed by atoms with E-state index in [1.165, 1.54) is 3.57 Å². The Morgan fingerprint density at radius 3 is 2.77 bits per heavy atom. The zero-order valence-electron chi connectivity index (χ0n) is 7.12. The van der Waals surface area contributed by atoms with E-state index in [0.29, 0.717) is 0 Å². The minimum Gasteiger partial charge on any atom is -0.311 e. The Morgan fingerprint density at radius 1 is 1.23 bits per heavy atom. The molecule has 2 rings (SSSR count). The van der Waals surface area contributed by atoms with Gasteiger partial charge in [-0.2, -0.15) is 0 Å². The van der Waals surface area contributed by atoms with Crippen LogP contribution in [-0.2, 0) is 7.05 Å². The Bertz CT molecular complexity index is 516. The third-order valence-corrected chi connectivity index (χ3v) is 3.06. The van der Waals surface area contributed by atoms with Gasteiger partial charge in [0.1, 0.15) is 0 Å². The first-order valence-electron chi connectivity index (χ1n) is 3.94. The molecule has 1 aromatic carbocycles. The van der Waals surface area contributed by atoms with Crippen LogP contribution in [0.3, 0.4) is 0 Å². The molecule has 1 aromatic heterocycles. The highest BCUT2D eigenvalue weighted by molar-refractivity contribution is 14.1. The minimum absolute atomic E-state index is 0.0366. The zero-order chi connectivity index (χ0) is 9.42. The van der Waals surface area contributed by atoms with E-state index in [2.05, 4.69) is 22.6 Å². The number of hydrogen-bond donors (Lipinski definition) is 0. The van der Waals surface area contributed by atoms with E-state index < -0.39 is 0 Å². The Kier molecular flexibility index (Phi) is 2.11. The van der Waals surface area contributed by atoms with E-state index in [1.807, 2.05) is 24.3 Å². The molecule has 0 fully saturated rings. The highest BCUT2D eigenvalue weighted by Gasteiger charge is 2.00. The summed E-state index contributed by atoms with van der Waals surface area (Å²) >= 11 is 2.27. The van der Waals surface area contributed by atoms with E-state index in [4.69, 9.17) is 0 Å². The average Bonchev–Trinajstić information content (AvgIpc) is 2.12. The molecule has 0 radical (unpaired) electrons. The number of rotatable bonds is 0. The first-order valence-corrected chi connectivity index (χ1v) is 5.02. The highest BCUT2D eigenvalue weighted by atomic mass is 127. The highest BCUT2D eigenvalue weighted by Crippen LogP contribution is 2.17. The summed E-state index contributed by atoms with van der Waals surface area (Å²) in [5.74, 6) is 0. The van der Waals surface area contributed by atoms with E-state index >= 15 is 0 Å². The molecule has 0 bridgehead atoms. The smallest absolute Gasteiger partial charge is 0.250 e. The summed E-state index contributed by atoms with van der Waals surface area (Å²) in [5, 5.41) is 1.13. The van der Waals surface area contributed by atoms with Crippen LogP contribution < -0.4 is 5.56 Å². The molecule has 2 nitrogen and oxygen atoms in total. The van der Waals surface area contributed by atoms with Crippen molar-refractivity contribution in [3.63, 3.8) is 0 Å². The lowest BCUT2D eigenvalue weighted by Crippen LogP contribution is -2.15. The minimum atomic E-state index is 0.0366. The van der Waals surface area contributed by atoms with Gasteiger partial charge in [-0.3, -0.25) is 4.79 Å². The lowest BCUT2D eigenvalue weighted by molar-refractivity contribution is 0.906. The van der Waals surface area contributed by atoms with Crippen LogP contribution in [0.5, 0.6) is 0 Å². The van der Waals surface area contributed by atoms with Crippen LogP contribution in [0, 0.1) is 3.57 Å². The number of aryl methyl sites for hydroxylation is 1. The second-order valence-electron chi connectivity index (χ2n) is 2.90. The molecule has 3 heteroatoms. The molecule has 0 amide bonds.